The molecule has 0 heterocycles. The maximum Gasteiger partial charge on any atom is 0.330 e. The van der Waals surface area contributed by atoms with E-state index in [1.807, 2.05) is 27.7 Å². The molecule has 25 heavy (non-hydrogen) atoms. The highest BCUT2D eigenvalue weighted by atomic mass is 16.6. The summed E-state index contributed by atoms with van der Waals surface area (Å²) in [6, 6.07) is 8.53. The molecular formula is C22H32O3. The van der Waals surface area contributed by atoms with Gasteiger partial charge in [-0.2, -0.15) is 0 Å². The van der Waals surface area contributed by atoms with Crippen LogP contribution >= 0.6 is 0 Å². The summed E-state index contributed by atoms with van der Waals surface area (Å²) < 4.78 is 11.6. The van der Waals surface area contributed by atoms with Gasteiger partial charge in [0.25, 0.3) is 0 Å². The van der Waals surface area contributed by atoms with Crippen LogP contribution in [-0.4, -0.2) is 17.2 Å². The molecule has 0 unspecified atom stereocenters. The summed E-state index contributed by atoms with van der Waals surface area (Å²) >= 11 is 0. The van der Waals surface area contributed by atoms with Crippen molar-refractivity contribution in [2.24, 2.45) is 0 Å². The Bertz CT molecular complexity index is 578. The Balaban J connectivity index is 1.97. The molecule has 1 aromatic rings. The third-order valence-electron chi connectivity index (χ3n) is 4.75. The van der Waals surface area contributed by atoms with Crippen molar-refractivity contribution in [3.8, 4) is 5.75 Å². The van der Waals surface area contributed by atoms with Gasteiger partial charge < -0.3 is 9.47 Å². The second-order valence-electron chi connectivity index (χ2n) is 8.33. The highest BCUT2D eigenvalue weighted by Crippen LogP contribution is 2.34. The summed E-state index contributed by atoms with van der Waals surface area (Å²) in [6.45, 7) is 11.3. The predicted octanol–water partition coefficient (Wildman–Crippen LogP) is 5.79. The van der Waals surface area contributed by atoms with Crippen LogP contribution in [0, 0.1) is 0 Å². The molecule has 0 bridgehead atoms. The Hall–Kier alpha value is -1.77. The SMILES string of the molecule is C=CC(=O)OC(C)(C)CC(C)(C)Oc1ccc(C2CCCCC2)cc1. The molecule has 0 N–H and O–H groups in total. The molecule has 1 aromatic carbocycles. The summed E-state index contributed by atoms with van der Waals surface area (Å²) in [5.41, 5.74) is 0.360. The van der Waals surface area contributed by atoms with E-state index in [4.69, 9.17) is 9.47 Å². The Morgan fingerprint density at radius 1 is 1.08 bits per heavy atom. The Kier molecular flexibility index (Phi) is 6.31. The van der Waals surface area contributed by atoms with Crippen molar-refractivity contribution in [2.75, 3.05) is 0 Å². The molecule has 1 aliphatic carbocycles. The summed E-state index contributed by atoms with van der Waals surface area (Å²) in [5.74, 6) is 1.15. The highest BCUT2D eigenvalue weighted by molar-refractivity contribution is 5.81. The standard InChI is InChI=1S/C22H32O3/c1-6-20(23)25-22(4,5)16-21(2,3)24-19-14-12-18(13-15-19)17-10-8-7-9-11-17/h6,12-15,17H,1,7-11,16H2,2-5H3. The van der Waals surface area contributed by atoms with Gasteiger partial charge in [-0.05, 0) is 64.2 Å². The van der Waals surface area contributed by atoms with E-state index in [1.165, 1.54) is 43.7 Å². The topological polar surface area (TPSA) is 35.5 Å². The molecule has 1 saturated carbocycles. The van der Waals surface area contributed by atoms with Gasteiger partial charge in [0.05, 0.1) is 0 Å². The lowest BCUT2D eigenvalue weighted by molar-refractivity contribution is -0.154. The number of esters is 1. The van der Waals surface area contributed by atoms with E-state index in [9.17, 15) is 4.79 Å². The van der Waals surface area contributed by atoms with Gasteiger partial charge in [-0.15, -0.1) is 0 Å². The lowest BCUT2D eigenvalue weighted by atomic mass is 9.84. The fourth-order valence-electron chi connectivity index (χ4n) is 3.97. The predicted molar refractivity (Wildman–Crippen MR) is 102 cm³/mol. The molecule has 0 aliphatic heterocycles. The molecule has 0 spiro atoms. The van der Waals surface area contributed by atoms with Crippen molar-refractivity contribution in [2.45, 2.75) is 83.3 Å². The zero-order chi connectivity index (χ0) is 18.5. The Morgan fingerprint density at radius 3 is 2.24 bits per heavy atom. The third-order valence-corrected chi connectivity index (χ3v) is 4.75. The molecule has 1 fully saturated rings. The van der Waals surface area contributed by atoms with Gasteiger partial charge in [-0.1, -0.05) is 38.0 Å². The third kappa shape index (κ3) is 6.22. The van der Waals surface area contributed by atoms with E-state index in [1.54, 1.807) is 0 Å². The molecule has 3 nitrogen and oxygen atoms in total. The lowest BCUT2D eigenvalue weighted by Gasteiger charge is -2.35. The molecule has 3 heteroatoms. The largest absolute Gasteiger partial charge is 0.488 e. The second kappa shape index (κ2) is 8.07. The Morgan fingerprint density at radius 2 is 1.68 bits per heavy atom. The van der Waals surface area contributed by atoms with Gasteiger partial charge in [0.15, 0.2) is 0 Å². The van der Waals surface area contributed by atoms with E-state index in [0.717, 1.165) is 5.75 Å². The smallest absolute Gasteiger partial charge is 0.330 e. The van der Waals surface area contributed by atoms with E-state index < -0.39 is 17.2 Å². The minimum Gasteiger partial charge on any atom is -0.488 e. The number of carbonyl (C=O) groups is 1. The molecule has 0 amide bonds. The van der Waals surface area contributed by atoms with Gasteiger partial charge in [0.2, 0.25) is 0 Å². The van der Waals surface area contributed by atoms with E-state index >= 15 is 0 Å². The van der Waals surface area contributed by atoms with Gasteiger partial charge in [-0.25, -0.2) is 4.79 Å². The monoisotopic (exact) mass is 344 g/mol. The number of benzene rings is 1. The van der Waals surface area contributed by atoms with Crippen LogP contribution in [0.15, 0.2) is 36.9 Å². The minimum absolute atomic E-state index is 0.405. The minimum atomic E-state index is -0.614. The van der Waals surface area contributed by atoms with Crippen LogP contribution in [0.3, 0.4) is 0 Å². The number of hydrogen-bond donors (Lipinski definition) is 0. The zero-order valence-corrected chi connectivity index (χ0v) is 16.1. The van der Waals surface area contributed by atoms with Crippen molar-refractivity contribution in [1.29, 1.82) is 0 Å². The van der Waals surface area contributed by atoms with Crippen molar-refractivity contribution in [3.63, 3.8) is 0 Å². The molecule has 0 aromatic heterocycles. The summed E-state index contributed by atoms with van der Waals surface area (Å²) in [6.07, 6.45) is 8.44. The average molecular weight is 344 g/mol. The first-order chi connectivity index (χ1) is 11.7. The summed E-state index contributed by atoms with van der Waals surface area (Å²) in [7, 11) is 0. The first-order valence-electron chi connectivity index (χ1n) is 9.35. The van der Waals surface area contributed by atoms with Crippen LogP contribution in [0.1, 0.15) is 77.7 Å². The molecule has 138 valence electrons. The second-order valence-corrected chi connectivity index (χ2v) is 8.33. The van der Waals surface area contributed by atoms with E-state index in [2.05, 4.69) is 30.8 Å². The number of ether oxygens (including phenoxy) is 2. The molecular weight excluding hydrogens is 312 g/mol. The van der Waals surface area contributed by atoms with Crippen LogP contribution in [0.4, 0.5) is 0 Å². The normalized spacial score (nSPS) is 16.3. The molecule has 1 aliphatic rings. The number of hydrogen-bond acceptors (Lipinski definition) is 3. The molecule has 0 saturated heterocycles. The van der Waals surface area contributed by atoms with Crippen LogP contribution in [0.2, 0.25) is 0 Å². The van der Waals surface area contributed by atoms with Crippen molar-refractivity contribution < 1.29 is 14.3 Å². The molecule has 0 atom stereocenters. The lowest BCUT2D eigenvalue weighted by Crippen LogP contribution is -2.40. The fourth-order valence-corrected chi connectivity index (χ4v) is 3.97. The van der Waals surface area contributed by atoms with Gasteiger partial charge >= 0.3 is 5.97 Å². The van der Waals surface area contributed by atoms with Gasteiger partial charge in [0, 0.05) is 12.5 Å². The average Bonchev–Trinajstić information content (AvgIpc) is 2.54. The van der Waals surface area contributed by atoms with Gasteiger partial charge in [0.1, 0.15) is 17.0 Å². The van der Waals surface area contributed by atoms with Crippen LogP contribution in [-0.2, 0) is 9.53 Å². The summed E-state index contributed by atoms with van der Waals surface area (Å²) in [4.78, 5) is 11.5. The van der Waals surface area contributed by atoms with Crippen LogP contribution in [0.25, 0.3) is 0 Å². The van der Waals surface area contributed by atoms with Crippen LogP contribution < -0.4 is 4.74 Å². The van der Waals surface area contributed by atoms with Gasteiger partial charge in [-0.3, -0.25) is 0 Å². The first kappa shape index (κ1) is 19.6. The highest BCUT2D eigenvalue weighted by Gasteiger charge is 2.33. The first-order valence-corrected chi connectivity index (χ1v) is 9.35. The quantitative estimate of drug-likeness (QED) is 0.464. The Labute approximate surface area is 152 Å². The zero-order valence-electron chi connectivity index (χ0n) is 16.1. The van der Waals surface area contributed by atoms with Crippen LogP contribution in [0.5, 0.6) is 5.75 Å². The fraction of sp³-hybridized carbons (Fsp3) is 0.591. The summed E-state index contributed by atoms with van der Waals surface area (Å²) in [5, 5.41) is 0. The maximum atomic E-state index is 11.5. The van der Waals surface area contributed by atoms with E-state index in [-0.39, 0.29) is 0 Å². The van der Waals surface area contributed by atoms with E-state index in [0.29, 0.717) is 12.3 Å². The maximum absolute atomic E-state index is 11.5. The number of rotatable bonds is 7. The van der Waals surface area contributed by atoms with Crippen molar-refractivity contribution in [3.05, 3.63) is 42.5 Å². The molecule has 0 radical (unpaired) electrons. The number of carbonyl (C=O) groups excluding carboxylic acids is 1. The van der Waals surface area contributed by atoms with Crippen molar-refractivity contribution in [1.82, 2.24) is 0 Å². The van der Waals surface area contributed by atoms with Crippen molar-refractivity contribution >= 4 is 5.97 Å². The molecule has 2 rings (SSSR count).